The second kappa shape index (κ2) is 6.57. The zero-order chi connectivity index (χ0) is 14.7. The predicted molar refractivity (Wildman–Crippen MR) is 80.8 cm³/mol. The highest BCUT2D eigenvalue weighted by atomic mass is 79.9. The van der Waals surface area contributed by atoms with Gasteiger partial charge in [-0.05, 0) is 42.3 Å². The van der Waals surface area contributed by atoms with Crippen molar-refractivity contribution in [1.82, 2.24) is 0 Å². The van der Waals surface area contributed by atoms with Gasteiger partial charge in [-0.2, -0.15) is 0 Å². The molecule has 0 spiro atoms. The van der Waals surface area contributed by atoms with Gasteiger partial charge in [-0.1, -0.05) is 39.7 Å². The van der Waals surface area contributed by atoms with Crippen LogP contribution in [0.2, 0.25) is 5.02 Å². The van der Waals surface area contributed by atoms with E-state index in [1.54, 1.807) is 18.2 Å². The normalized spacial score (nSPS) is 12.2. The lowest BCUT2D eigenvalue weighted by molar-refractivity contribution is 0.219. The molecule has 0 aliphatic rings. The van der Waals surface area contributed by atoms with Crippen molar-refractivity contribution in [3.05, 3.63) is 62.8 Å². The Morgan fingerprint density at radius 3 is 2.65 bits per heavy atom. The Morgan fingerprint density at radius 2 is 2.05 bits per heavy atom. The number of hydrogen-bond acceptors (Lipinski definition) is 2. The quantitative estimate of drug-likeness (QED) is 0.856. The fourth-order valence-corrected chi connectivity index (χ4v) is 2.61. The lowest BCUT2D eigenvalue weighted by atomic mass is 10.0. The number of halogens is 3. The molecule has 1 N–H and O–H groups in total. The lowest BCUT2D eigenvalue weighted by Gasteiger charge is -2.15. The average molecular weight is 360 g/mol. The Morgan fingerprint density at radius 1 is 1.30 bits per heavy atom. The van der Waals surface area contributed by atoms with Gasteiger partial charge in [0, 0.05) is 4.47 Å². The van der Waals surface area contributed by atoms with Crippen LogP contribution in [0.1, 0.15) is 24.2 Å². The summed E-state index contributed by atoms with van der Waals surface area (Å²) >= 11 is 9.13. The van der Waals surface area contributed by atoms with E-state index in [2.05, 4.69) is 15.9 Å². The van der Waals surface area contributed by atoms with E-state index in [1.807, 2.05) is 6.92 Å². The Balaban J connectivity index is 2.32. The predicted octanol–water partition coefficient (Wildman–Crippen LogP) is 4.72. The third-order valence-corrected chi connectivity index (χ3v) is 3.81. The van der Waals surface area contributed by atoms with Crippen LogP contribution in [0.4, 0.5) is 4.39 Å². The maximum Gasteiger partial charge on any atom is 0.141 e. The molecule has 106 valence electrons. The Labute approximate surface area is 130 Å². The molecular weight excluding hydrogens is 347 g/mol. The Bertz CT molecular complexity index is 619. The maximum atomic E-state index is 13.1. The molecule has 0 saturated heterocycles. The molecule has 0 amide bonds. The summed E-state index contributed by atoms with van der Waals surface area (Å²) < 4.78 is 19.2. The van der Waals surface area contributed by atoms with Crippen molar-refractivity contribution < 1.29 is 14.2 Å². The fourth-order valence-electron chi connectivity index (χ4n) is 1.85. The van der Waals surface area contributed by atoms with Crippen molar-refractivity contribution in [2.45, 2.75) is 13.0 Å². The maximum absolute atomic E-state index is 13.1. The van der Waals surface area contributed by atoms with Crippen LogP contribution in [0.15, 0.2) is 40.9 Å². The fraction of sp³-hybridized carbons (Fsp3) is 0.200. The molecule has 0 bridgehead atoms. The number of hydrogen-bond donors (Lipinski definition) is 1. The number of ether oxygens (including phenoxy) is 1. The average Bonchev–Trinajstić information content (AvgIpc) is 2.42. The largest absolute Gasteiger partial charge is 0.494 e. The first-order valence-electron chi connectivity index (χ1n) is 6.08. The van der Waals surface area contributed by atoms with Gasteiger partial charge in [0.25, 0.3) is 0 Å². The Kier molecular flexibility index (Phi) is 5.02. The monoisotopic (exact) mass is 358 g/mol. The van der Waals surface area contributed by atoms with Gasteiger partial charge in [0.15, 0.2) is 0 Å². The van der Waals surface area contributed by atoms with Crippen LogP contribution >= 0.6 is 27.5 Å². The second-order valence-corrected chi connectivity index (χ2v) is 5.45. The van der Waals surface area contributed by atoms with Gasteiger partial charge in [-0.3, -0.25) is 0 Å². The van der Waals surface area contributed by atoms with Crippen LogP contribution in [0.25, 0.3) is 0 Å². The van der Waals surface area contributed by atoms with Crippen molar-refractivity contribution in [2.24, 2.45) is 0 Å². The van der Waals surface area contributed by atoms with Crippen LogP contribution in [0.3, 0.4) is 0 Å². The zero-order valence-corrected chi connectivity index (χ0v) is 13.1. The van der Waals surface area contributed by atoms with E-state index in [4.69, 9.17) is 16.3 Å². The summed E-state index contributed by atoms with van der Waals surface area (Å²) in [6.07, 6.45) is -0.891. The molecule has 0 saturated carbocycles. The van der Waals surface area contributed by atoms with E-state index >= 15 is 0 Å². The minimum atomic E-state index is -0.891. The molecule has 2 nitrogen and oxygen atoms in total. The lowest BCUT2D eigenvalue weighted by Crippen LogP contribution is -2.02. The van der Waals surface area contributed by atoms with Crippen LogP contribution < -0.4 is 4.74 Å². The molecule has 2 aromatic rings. The van der Waals surface area contributed by atoms with Crippen molar-refractivity contribution in [1.29, 1.82) is 0 Å². The van der Waals surface area contributed by atoms with Crippen LogP contribution in [-0.4, -0.2) is 11.7 Å². The van der Waals surface area contributed by atoms with Crippen LogP contribution in [0.5, 0.6) is 5.75 Å². The molecule has 0 aromatic heterocycles. The van der Waals surface area contributed by atoms with Crippen molar-refractivity contribution in [3.63, 3.8) is 0 Å². The zero-order valence-electron chi connectivity index (χ0n) is 10.7. The van der Waals surface area contributed by atoms with E-state index in [1.165, 1.54) is 18.2 Å². The molecule has 0 radical (unpaired) electrons. The summed E-state index contributed by atoms with van der Waals surface area (Å²) in [6.45, 7) is 2.47. The molecule has 0 heterocycles. The van der Waals surface area contributed by atoms with E-state index < -0.39 is 11.9 Å². The van der Waals surface area contributed by atoms with Crippen LogP contribution in [0, 0.1) is 5.82 Å². The minimum absolute atomic E-state index is 0.0105. The third kappa shape index (κ3) is 3.32. The SMILES string of the molecule is CCOc1ccc(C(O)c2ccc(F)c(Cl)c2)c(Br)c1. The molecule has 2 aromatic carbocycles. The molecule has 0 fully saturated rings. The first kappa shape index (κ1) is 15.3. The van der Waals surface area contributed by atoms with Crippen LogP contribution in [-0.2, 0) is 0 Å². The first-order valence-corrected chi connectivity index (χ1v) is 7.25. The number of rotatable bonds is 4. The number of aliphatic hydroxyl groups is 1. The molecule has 1 atom stereocenters. The summed E-state index contributed by atoms with van der Waals surface area (Å²) in [5.74, 6) is 0.209. The van der Waals surface area contributed by atoms with Gasteiger partial charge in [-0.15, -0.1) is 0 Å². The minimum Gasteiger partial charge on any atom is -0.494 e. The molecule has 0 aliphatic carbocycles. The smallest absolute Gasteiger partial charge is 0.141 e. The van der Waals surface area contributed by atoms with Gasteiger partial charge < -0.3 is 9.84 Å². The molecule has 20 heavy (non-hydrogen) atoms. The summed E-state index contributed by atoms with van der Waals surface area (Å²) in [6, 6.07) is 9.49. The summed E-state index contributed by atoms with van der Waals surface area (Å²) in [5, 5.41) is 10.3. The summed E-state index contributed by atoms with van der Waals surface area (Å²) in [7, 11) is 0. The molecule has 1 unspecified atom stereocenters. The van der Waals surface area contributed by atoms with Gasteiger partial charge in [0.2, 0.25) is 0 Å². The van der Waals surface area contributed by atoms with E-state index in [9.17, 15) is 9.50 Å². The topological polar surface area (TPSA) is 29.5 Å². The van der Waals surface area contributed by atoms with Gasteiger partial charge in [-0.25, -0.2) is 4.39 Å². The summed E-state index contributed by atoms with van der Waals surface area (Å²) in [5.41, 5.74) is 1.19. The molecular formula is C15H13BrClFO2. The highest BCUT2D eigenvalue weighted by Crippen LogP contribution is 2.32. The van der Waals surface area contributed by atoms with E-state index in [0.29, 0.717) is 23.5 Å². The molecule has 5 heteroatoms. The molecule has 2 rings (SSSR count). The second-order valence-electron chi connectivity index (χ2n) is 4.19. The third-order valence-electron chi connectivity index (χ3n) is 2.84. The summed E-state index contributed by atoms with van der Waals surface area (Å²) in [4.78, 5) is 0. The van der Waals surface area contributed by atoms with Crippen molar-refractivity contribution in [2.75, 3.05) is 6.61 Å². The standard InChI is InChI=1S/C15H13BrClFO2/c1-2-20-10-4-5-11(12(16)8-10)15(19)9-3-6-14(18)13(17)7-9/h3-8,15,19H,2H2,1H3. The van der Waals surface area contributed by atoms with Gasteiger partial charge >= 0.3 is 0 Å². The van der Waals surface area contributed by atoms with Gasteiger partial charge in [0.1, 0.15) is 17.7 Å². The van der Waals surface area contributed by atoms with E-state index in [0.717, 1.165) is 4.47 Å². The first-order chi connectivity index (χ1) is 9.52. The molecule has 0 aliphatic heterocycles. The number of benzene rings is 2. The van der Waals surface area contributed by atoms with Gasteiger partial charge in [0.05, 0.1) is 11.6 Å². The Hall–Kier alpha value is -1.10. The highest BCUT2D eigenvalue weighted by molar-refractivity contribution is 9.10. The highest BCUT2D eigenvalue weighted by Gasteiger charge is 2.15. The van der Waals surface area contributed by atoms with Crippen molar-refractivity contribution >= 4 is 27.5 Å². The van der Waals surface area contributed by atoms with Crippen molar-refractivity contribution in [3.8, 4) is 5.75 Å². The number of aliphatic hydroxyl groups excluding tert-OH is 1. The van der Waals surface area contributed by atoms with E-state index in [-0.39, 0.29) is 5.02 Å².